The summed E-state index contributed by atoms with van der Waals surface area (Å²) in [5.74, 6) is 1.53. The smallest absolute Gasteiger partial charge is 0.160 e. The van der Waals surface area contributed by atoms with Crippen molar-refractivity contribution in [2.45, 2.75) is 198 Å². The Morgan fingerprint density at radius 2 is 1.70 bits per heavy atom. The Labute approximate surface area is 418 Å². The van der Waals surface area contributed by atoms with E-state index in [1.54, 1.807) is 0 Å². The number of Topliss-reactive ketones (excluding diaryl/α,β-unsaturated/α-hetero) is 2. The normalized spacial score (nSPS) is 43.5. The Balaban J connectivity index is 0.983. The summed E-state index contributed by atoms with van der Waals surface area (Å²) < 4.78 is 6.73. The Morgan fingerprint density at radius 1 is 0.914 bits per heavy atom. The number of rotatable bonds is 10. The molecule has 2 aromatic rings. The monoisotopic (exact) mass is 956 g/mol. The molecule has 0 amide bonds. The molecule has 2 aliphatic heterocycles. The highest BCUT2D eigenvalue weighted by Crippen LogP contribution is 2.78. The van der Waals surface area contributed by atoms with E-state index in [0.29, 0.717) is 62.3 Å². The molecule has 7 fully saturated rings. The second-order valence-corrected chi connectivity index (χ2v) is 26.0. The SMILES string of the molecule is CNCc1cc(O)cc(C2C(=O)C34CC=CC2C2(C)C3C(CC3(C)C2CCC2=C(C(CC(O)C5OC5(C)C5CCCC5c5cccc(N)c5)C5CCCCC5)C(=O)CC23C)NCC(C)(O)CCCC4)c1. The minimum absolute atomic E-state index is 0.0185. The van der Waals surface area contributed by atoms with Gasteiger partial charge in [-0.1, -0.05) is 95.2 Å². The number of carbonyl (C=O) groups is 2. The maximum absolute atomic E-state index is 16.0. The molecule has 8 aliphatic carbocycles. The number of anilines is 1. The van der Waals surface area contributed by atoms with Crippen LogP contribution in [0.25, 0.3) is 0 Å². The van der Waals surface area contributed by atoms with Gasteiger partial charge in [-0.3, -0.25) is 9.59 Å². The molecule has 2 bridgehead atoms. The topological polar surface area (TPSA) is 157 Å². The van der Waals surface area contributed by atoms with Gasteiger partial charge < -0.3 is 36.4 Å². The van der Waals surface area contributed by atoms with Gasteiger partial charge in [0.2, 0.25) is 0 Å². The number of nitrogens with one attached hydrogen (secondary N) is 2. The van der Waals surface area contributed by atoms with E-state index in [0.717, 1.165) is 106 Å². The van der Waals surface area contributed by atoms with Gasteiger partial charge in [-0.05, 0) is 190 Å². The maximum atomic E-state index is 16.0. The first-order chi connectivity index (χ1) is 33.4. The zero-order valence-corrected chi connectivity index (χ0v) is 43.3. The fourth-order valence-electron chi connectivity index (χ4n) is 19.1. The summed E-state index contributed by atoms with van der Waals surface area (Å²) in [6.45, 7) is 12.8. The van der Waals surface area contributed by atoms with E-state index in [4.69, 9.17) is 10.5 Å². The quantitative estimate of drug-likeness (QED) is 0.0775. The van der Waals surface area contributed by atoms with Crippen LogP contribution >= 0.6 is 0 Å². The fraction of sp³-hybridized carbons (Fsp3) is 0.705. The molecule has 12 rings (SSSR count). The molecule has 7 N–H and O–H groups in total. The molecule has 1 spiro atoms. The molecular weight excluding hydrogens is 871 g/mol. The van der Waals surface area contributed by atoms with Crippen LogP contribution in [-0.4, -0.2) is 69.9 Å². The van der Waals surface area contributed by atoms with Crippen molar-refractivity contribution in [3.63, 3.8) is 0 Å². The molecule has 0 aromatic heterocycles. The number of ether oxygens (including phenoxy) is 1. The van der Waals surface area contributed by atoms with Gasteiger partial charge in [-0.25, -0.2) is 0 Å². The van der Waals surface area contributed by atoms with Crippen molar-refractivity contribution in [3.05, 3.63) is 82.5 Å². The molecule has 10 aliphatic rings. The fourth-order valence-corrected chi connectivity index (χ4v) is 19.1. The van der Waals surface area contributed by atoms with E-state index in [1.807, 2.05) is 32.2 Å². The van der Waals surface area contributed by atoms with Gasteiger partial charge in [-0.15, -0.1) is 0 Å². The molecule has 70 heavy (non-hydrogen) atoms. The number of nitrogen functional groups attached to an aromatic ring is 1. The van der Waals surface area contributed by atoms with Crippen LogP contribution in [0, 0.1) is 57.2 Å². The van der Waals surface area contributed by atoms with Crippen molar-refractivity contribution in [1.82, 2.24) is 10.6 Å². The van der Waals surface area contributed by atoms with Crippen LogP contribution in [0.3, 0.4) is 0 Å². The van der Waals surface area contributed by atoms with Crippen LogP contribution < -0.4 is 16.4 Å². The van der Waals surface area contributed by atoms with Crippen LogP contribution in [0.15, 0.2) is 65.8 Å². The lowest BCUT2D eigenvalue weighted by Crippen LogP contribution is -2.72. The van der Waals surface area contributed by atoms with Crippen molar-refractivity contribution in [2.75, 3.05) is 19.3 Å². The number of epoxide rings is 1. The molecule has 5 saturated carbocycles. The van der Waals surface area contributed by atoms with E-state index >= 15 is 9.59 Å². The first-order valence-corrected chi connectivity index (χ1v) is 28.0. The number of aliphatic hydroxyl groups excluding tert-OH is 1. The van der Waals surface area contributed by atoms with Crippen molar-refractivity contribution in [2.24, 2.45) is 57.2 Å². The number of carbonyl (C=O) groups excluding carboxylic acids is 2. The third kappa shape index (κ3) is 7.52. The third-order valence-corrected chi connectivity index (χ3v) is 22.2. The summed E-state index contributed by atoms with van der Waals surface area (Å²) in [5, 5.41) is 43.0. The first-order valence-electron chi connectivity index (χ1n) is 28.0. The van der Waals surface area contributed by atoms with E-state index in [1.165, 1.54) is 17.6 Å². The molecule has 16 atom stereocenters. The van der Waals surface area contributed by atoms with Gasteiger partial charge in [0.1, 0.15) is 17.6 Å². The molecule has 2 aromatic carbocycles. The number of phenolic OH excluding ortho intramolecular Hbond substituents is 1. The number of nitrogens with two attached hydrogens (primary N) is 1. The van der Waals surface area contributed by atoms with E-state index in [9.17, 15) is 15.3 Å². The predicted octanol–water partition coefficient (Wildman–Crippen LogP) is 10.6. The Bertz CT molecular complexity index is 2440. The van der Waals surface area contributed by atoms with Crippen molar-refractivity contribution in [1.29, 1.82) is 0 Å². The second kappa shape index (κ2) is 17.7. The van der Waals surface area contributed by atoms with Crippen molar-refractivity contribution >= 4 is 17.3 Å². The average molecular weight is 956 g/mol. The van der Waals surface area contributed by atoms with Gasteiger partial charge >= 0.3 is 0 Å². The number of fused-ring (bicyclic) bond motifs is 5. The summed E-state index contributed by atoms with van der Waals surface area (Å²) in [6, 6.07) is 14.2. The minimum Gasteiger partial charge on any atom is -0.508 e. The number of allylic oxidation sites excluding steroid dienone is 4. The largest absolute Gasteiger partial charge is 0.508 e. The van der Waals surface area contributed by atoms with Crippen LogP contribution in [0.2, 0.25) is 0 Å². The Hall–Kier alpha value is -3.34. The van der Waals surface area contributed by atoms with Crippen LogP contribution in [-0.2, 0) is 20.9 Å². The number of ketones is 2. The highest BCUT2D eigenvalue weighted by atomic mass is 16.6. The third-order valence-electron chi connectivity index (χ3n) is 22.2. The predicted molar refractivity (Wildman–Crippen MR) is 276 cm³/mol. The zero-order chi connectivity index (χ0) is 49.2. The number of hydrogen-bond acceptors (Lipinski definition) is 9. The minimum atomic E-state index is -0.875. The van der Waals surface area contributed by atoms with E-state index in [-0.39, 0.29) is 58.2 Å². The van der Waals surface area contributed by atoms with Crippen molar-refractivity contribution in [3.8, 4) is 5.75 Å². The van der Waals surface area contributed by atoms with Gasteiger partial charge in [0.05, 0.1) is 23.2 Å². The summed E-state index contributed by atoms with van der Waals surface area (Å²) >= 11 is 0. The number of hydrogen-bond donors (Lipinski definition) is 6. The summed E-state index contributed by atoms with van der Waals surface area (Å²) in [7, 11) is 1.92. The molecule has 16 unspecified atom stereocenters. The number of aliphatic hydroxyl groups is 2. The lowest BCUT2D eigenvalue weighted by atomic mass is 9.32. The molecule has 380 valence electrons. The molecular formula is C61H85N3O6. The van der Waals surface area contributed by atoms with E-state index < -0.39 is 34.1 Å². The first kappa shape index (κ1) is 48.9. The van der Waals surface area contributed by atoms with Crippen LogP contribution in [0.5, 0.6) is 5.75 Å². The zero-order valence-electron chi connectivity index (χ0n) is 43.3. The number of β-amino-alcohol motifs (C(OH)–C–C–N with tert-alkyl or cyclic N) is 1. The Kier molecular flexibility index (Phi) is 12.3. The molecule has 9 heteroatoms. The van der Waals surface area contributed by atoms with Gasteiger partial charge in [0, 0.05) is 42.1 Å². The standard InChI is InChI=1S/C61H85N3O6/c1-56(69)24-10-11-25-61-26-14-21-46(51(54(61)68)39-27-36(34-63-6)28-41(65)30-39)59(4)50-23-22-45-52(49(67)33-57(45,2)58(50,3)32-47(53(59)61)64-35-56)43(37-15-8-7-9-16-37)31-48(66)55-60(5,70-55)44-20-13-19-42(44)38-17-12-18-40(62)29-38/h12,14,17-18,21,27-30,37,42-44,46-48,50-51,53,55,63-66,69H,7-11,13,15-16,19-20,22-26,31-35,62H2,1-6H3. The maximum Gasteiger partial charge on any atom is 0.160 e. The van der Waals surface area contributed by atoms with Gasteiger partial charge in [0.25, 0.3) is 0 Å². The highest BCUT2D eigenvalue weighted by molar-refractivity contribution is 6.01. The number of phenols is 1. The summed E-state index contributed by atoms with van der Waals surface area (Å²) in [4.78, 5) is 31.4. The average Bonchev–Trinajstić information content (AvgIpc) is 3.72. The lowest BCUT2D eigenvalue weighted by Gasteiger charge is -2.72. The van der Waals surface area contributed by atoms with Crippen LogP contribution in [0.1, 0.15) is 179 Å². The molecule has 2 heterocycles. The molecule has 2 saturated heterocycles. The van der Waals surface area contributed by atoms with Gasteiger partial charge in [-0.2, -0.15) is 0 Å². The molecule has 0 radical (unpaired) electrons. The second-order valence-electron chi connectivity index (χ2n) is 26.0. The lowest BCUT2D eigenvalue weighted by molar-refractivity contribution is -0.211. The highest BCUT2D eigenvalue weighted by Gasteiger charge is 2.75. The summed E-state index contributed by atoms with van der Waals surface area (Å²) in [5.41, 5.74) is 9.67. The number of benzene rings is 2. The number of aromatic hydroxyl groups is 1. The van der Waals surface area contributed by atoms with E-state index in [2.05, 4.69) is 74.7 Å². The summed E-state index contributed by atoms with van der Waals surface area (Å²) in [6.07, 6.45) is 20.4. The van der Waals surface area contributed by atoms with Gasteiger partial charge in [0.15, 0.2) is 5.78 Å². The van der Waals surface area contributed by atoms with Crippen molar-refractivity contribution < 1.29 is 29.6 Å². The molecule has 9 nitrogen and oxygen atoms in total. The Morgan fingerprint density at radius 3 is 2.47 bits per heavy atom. The van der Waals surface area contributed by atoms with Crippen LogP contribution in [0.4, 0.5) is 5.69 Å².